The lowest BCUT2D eigenvalue weighted by molar-refractivity contribution is -0.202. The summed E-state index contributed by atoms with van der Waals surface area (Å²) in [6, 6.07) is 7.70. The molecule has 2 nitrogen and oxygen atoms in total. The number of nitrogens with one attached hydrogen (secondary N) is 1. The zero-order chi connectivity index (χ0) is 15.0. The van der Waals surface area contributed by atoms with Crippen molar-refractivity contribution < 1.29 is 18.3 Å². The largest absolute Gasteiger partial charge is 0.415 e. The molecule has 1 aromatic carbocycles. The van der Waals surface area contributed by atoms with Crippen LogP contribution in [0.15, 0.2) is 24.3 Å². The molecule has 0 bridgehead atoms. The van der Waals surface area contributed by atoms with Gasteiger partial charge in [0.2, 0.25) is 0 Å². The molecule has 0 spiro atoms. The van der Waals surface area contributed by atoms with Crippen LogP contribution in [0.25, 0.3) is 0 Å². The Kier molecular flexibility index (Phi) is 4.12. The van der Waals surface area contributed by atoms with Crippen molar-refractivity contribution in [1.82, 2.24) is 5.32 Å². The summed E-state index contributed by atoms with van der Waals surface area (Å²) in [5, 5.41) is 11.9. The van der Waals surface area contributed by atoms with Crippen LogP contribution in [0.5, 0.6) is 0 Å². The van der Waals surface area contributed by atoms with Crippen LogP contribution in [0.3, 0.4) is 0 Å². The molecule has 0 fully saturated rings. The predicted molar refractivity (Wildman–Crippen MR) is 71.5 cm³/mol. The lowest BCUT2D eigenvalue weighted by Gasteiger charge is -2.37. The molecule has 0 aliphatic heterocycles. The van der Waals surface area contributed by atoms with E-state index in [1.807, 2.05) is 24.3 Å². The molecule has 112 valence electrons. The fourth-order valence-electron chi connectivity index (χ4n) is 2.79. The quantitative estimate of drug-likeness (QED) is 0.894. The Morgan fingerprint density at radius 3 is 2.65 bits per heavy atom. The average molecular weight is 287 g/mol. The van der Waals surface area contributed by atoms with Crippen molar-refractivity contribution in [3.63, 3.8) is 0 Å². The molecule has 0 saturated heterocycles. The van der Waals surface area contributed by atoms with E-state index < -0.39 is 18.8 Å². The van der Waals surface area contributed by atoms with Crippen LogP contribution in [0.1, 0.15) is 43.9 Å². The van der Waals surface area contributed by atoms with Crippen LogP contribution in [0.4, 0.5) is 13.2 Å². The molecule has 0 radical (unpaired) electrons. The Morgan fingerprint density at radius 2 is 2.00 bits per heavy atom. The Labute approximate surface area is 117 Å². The fraction of sp³-hybridized carbons (Fsp3) is 0.600. The maximum atomic E-state index is 12.3. The minimum absolute atomic E-state index is 0.0391. The fourth-order valence-corrected chi connectivity index (χ4v) is 2.79. The summed E-state index contributed by atoms with van der Waals surface area (Å²) in [5.41, 5.74) is 2.25. The molecule has 2 unspecified atom stereocenters. The average Bonchev–Trinajstić information content (AvgIpc) is 2.36. The molecular weight excluding hydrogens is 267 g/mol. The van der Waals surface area contributed by atoms with Crippen LogP contribution in [0.2, 0.25) is 0 Å². The second-order valence-corrected chi connectivity index (χ2v) is 6.03. The van der Waals surface area contributed by atoms with Gasteiger partial charge in [-0.2, -0.15) is 13.2 Å². The number of alkyl halides is 3. The van der Waals surface area contributed by atoms with Crippen LogP contribution < -0.4 is 5.32 Å². The van der Waals surface area contributed by atoms with Crippen LogP contribution in [-0.4, -0.2) is 23.9 Å². The summed E-state index contributed by atoms with van der Waals surface area (Å²) in [4.78, 5) is 0. The van der Waals surface area contributed by atoms with Crippen LogP contribution >= 0.6 is 0 Å². The van der Waals surface area contributed by atoms with Crippen molar-refractivity contribution in [2.45, 2.75) is 50.4 Å². The van der Waals surface area contributed by atoms with E-state index in [1.165, 1.54) is 5.56 Å². The number of hydrogen-bond donors (Lipinski definition) is 2. The van der Waals surface area contributed by atoms with Gasteiger partial charge in [0, 0.05) is 12.6 Å². The molecule has 20 heavy (non-hydrogen) atoms. The van der Waals surface area contributed by atoms with Gasteiger partial charge in [-0.15, -0.1) is 0 Å². The van der Waals surface area contributed by atoms with E-state index in [9.17, 15) is 13.2 Å². The first-order valence-electron chi connectivity index (χ1n) is 6.79. The summed E-state index contributed by atoms with van der Waals surface area (Å²) in [6.07, 6.45) is -5.21. The van der Waals surface area contributed by atoms with Crippen molar-refractivity contribution in [2.75, 3.05) is 6.54 Å². The second-order valence-electron chi connectivity index (χ2n) is 6.03. The molecule has 2 rings (SSSR count). The van der Waals surface area contributed by atoms with E-state index in [0.717, 1.165) is 18.4 Å². The maximum Gasteiger partial charge on any atom is 0.415 e. The maximum absolute atomic E-state index is 12.3. The monoisotopic (exact) mass is 287 g/mol. The third kappa shape index (κ3) is 3.15. The predicted octanol–water partition coefficient (Wildman–Crippen LogP) is 3.31. The first-order chi connectivity index (χ1) is 9.22. The van der Waals surface area contributed by atoms with E-state index in [-0.39, 0.29) is 11.5 Å². The van der Waals surface area contributed by atoms with Gasteiger partial charge < -0.3 is 10.4 Å². The summed E-state index contributed by atoms with van der Waals surface area (Å²) < 4.78 is 37.0. The highest BCUT2D eigenvalue weighted by Gasteiger charge is 2.39. The molecular formula is C15H20F3NO. The van der Waals surface area contributed by atoms with Crippen molar-refractivity contribution >= 4 is 0 Å². The standard InChI is InChI=1S/C15H20F3NO/c1-14(2)8-7-12(10-5-3-4-6-11(10)14)19-9-13(20)15(16,17)18/h3-6,12-13,19-20H,7-9H2,1-2H3. The Morgan fingerprint density at radius 1 is 1.35 bits per heavy atom. The Hall–Kier alpha value is -1.07. The summed E-state index contributed by atoms with van der Waals surface area (Å²) in [6.45, 7) is 3.82. The number of aliphatic hydroxyl groups is 1. The van der Waals surface area contributed by atoms with Crippen molar-refractivity contribution in [2.24, 2.45) is 0 Å². The SMILES string of the molecule is CC1(C)CCC(NCC(O)C(F)(F)F)c2ccccc21. The van der Waals surface area contributed by atoms with Crippen molar-refractivity contribution in [3.8, 4) is 0 Å². The minimum atomic E-state index is -4.57. The minimum Gasteiger partial charge on any atom is -0.382 e. The molecule has 0 saturated carbocycles. The lowest BCUT2D eigenvalue weighted by atomic mass is 9.71. The normalized spacial score (nSPS) is 23.2. The molecule has 0 heterocycles. The molecule has 5 heteroatoms. The zero-order valence-corrected chi connectivity index (χ0v) is 11.7. The van der Waals surface area contributed by atoms with Gasteiger partial charge >= 0.3 is 6.18 Å². The highest BCUT2D eigenvalue weighted by Crippen LogP contribution is 2.41. The van der Waals surface area contributed by atoms with Gasteiger partial charge in [0.1, 0.15) is 0 Å². The molecule has 1 aliphatic carbocycles. The van der Waals surface area contributed by atoms with Gasteiger partial charge in [-0.1, -0.05) is 38.1 Å². The van der Waals surface area contributed by atoms with E-state index >= 15 is 0 Å². The molecule has 0 amide bonds. The smallest absolute Gasteiger partial charge is 0.382 e. The van der Waals surface area contributed by atoms with E-state index in [0.29, 0.717) is 0 Å². The van der Waals surface area contributed by atoms with Crippen LogP contribution in [0, 0.1) is 0 Å². The zero-order valence-electron chi connectivity index (χ0n) is 11.7. The molecule has 1 aliphatic rings. The first kappa shape index (κ1) is 15.3. The number of fused-ring (bicyclic) bond motifs is 1. The Balaban J connectivity index is 2.12. The highest BCUT2D eigenvalue weighted by molar-refractivity contribution is 5.38. The second kappa shape index (κ2) is 5.37. The summed E-state index contributed by atoms with van der Waals surface area (Å²) in [5.74, 6) is 0. The van der Waals surface area contributed by atoms with Crippen molar-refractivity contribution in [1.29, 1.82) is 0 Å². The van der Waals surface area contributed by atoms with Gasteiger partial charge in [-0.05, 0) is 29.4 Å². The molecule has 1 aromatic rings. The van der Waals surface area contributed by atoms with Gasteiger partial charge in [0.15, 0.2) is 6.10 Å². The number of hydrogen-bond acceptors (Lipinski definition) is 2. The van der Waals surface area contributed by atoms with Crippen molar-refractivity contribution in [3.05, 3.63) is 35.4 Å². The molecule has 0 aromatic heterocycles. The van der Waals surface area contributed by atoms with Gasteiger partial charge in [-0.3, -0.25) is 0 Å². The van der Waals surface area contributed by atoms with Gasteiger partial charge in [0.25, 0.3) is 0 Å². The number of benzene rings is 1. The van der Waals surface area contributed by atoms with Gasteiger partial charge in [0.05, 0.1) is 0 Å². The lowest BCUT2D eigenvalue weighted by Crippen LogP contribution is -2.41. The van der Waals surface area contributed by atoms with E-state index in [4.69, 9.17) is 5.11 Å². The third-order valence-electron chi connectivity index (χ3n) is 4.06. The molecule has 2 N–H and O–H groups in total. The number of halogens is 3. The topological polar surface area (TPSA) is 32.3 Å². The number of aliphatic hydroxyl groups excluding tert-OH is 1. The summed E-state index contributed by atoms with van der Waals surface area (Å²) in [7, 11) is 0. The van der Waals surface area contributed by atoms with E-state index in [2.05, 4.69) is 19.2 Å². The first-order valence-corrected chi connectivity index (χ1v) is 6.79. The highest BCUT2D eigenvalue weighted by atomic mass is 19.4. The third-order valence-corrected chi connectivity index (χ3v) is 4.06. The molecule has 2 atom stereocenters. The Bertz CT molecular complexity index is 470. The van der Waals surface area contributed by atoms with Gasteiger partial charge in [-0.25, -0.2) is 0 Å². The number of rotatable bonds is 3. The van der Waals surface area contributed by atoms with E-state index in [1.54, 1.807) is 0 Å². The van der Waals surface area contributed by atoms with Crippen LogP contribution in [-0.2, 0) is 5.41 Å². The summed E-state index contributed by atoms with van der Waals surface area (Å²) >= 11 is 0.